The van der Waals surface area contributed by atoms with Crippen molar-refractivity contribution in [1.82, 2.24) is 14.6 Å². The molecule has 10 heteroatoms. The molecule has 2 heterocycles. The van der Waals surface area contributed by atoms with Crippen molar-refractivity contribution in [1.29, 1.82) is 0 Å². The lowest BCUT2D eigenvalue weighted by atomic mass is 10.2. The van der Waals surface area contributed by atoms with E-state index in [9.17, 15) is 17.6 Å². The molecule has 0 spiro atoms. The summed E-state index contributed by atoms with van der Waals surface area (Å²) in [5.74, 6) is -0.290. The number of nitrogens with zero attached hydrogens (tertiary/aromatic N) is 1. The van der Waals surface area contributed by atoms with Gasteiger partial charge in [-0.1, -0.05) is 28.1 Å². The monoisotopic (exact) mass is 494 g/mol. The Morgan fingerprint density at radius 3 is 2.67 bits per heavy atom. The van der Waals surface area contributed by atoms with Crippen LogP contribution >= 0.6 is 15.9 Å². The first-order chi connectivity index (χ1) is 14.3. The quantitative estimate of drug-likeness (QED) is 0.496. The number of nitrogens with one attached hydrogen (secondary N) is 3. The number of H-pyrrole nitrogens is 1. The van der Waals surface area contributed by atoms with Crippen LogP contribution < -0.4 is 10.6 Å². The standard InChI is InChI=1S/C20H20BrFN4O3S/c21-14-6-7-17-16(11-14)18(30(28,29)26-8-1-2-9-26)19(24-17)25-20(27)23-12-13-4-3-5-15(22)10-13/h3-7,10-11,24H,1-2,8-9,12H2,(H2,23,25,27). The van der Waals surface area contributed by atoms with E-state index in [0.29, 0.717) is 29.6 Å². The van der Waals surface area contributed by atoms with Crippen molar-refractivity contribution in [3.8, 4) is 0 Å². The number of benzene rings is 2. The summed E-state index contributed by atoms with van der Waals surface area (Å²) in [4.78, 5) is 15.5. The Bertz CT molecular complexity index is 1210. The largest absolute Gasteiger partial charge is 0.340 e. The second-order valence-corrected chi connectivity index (χ2v) is 9.86. The molecule has 3 N–H and O–H groups in total. The highest BCUT2D eigenvalue weighted by Crippen LogP contribution is 2.35. The average Bonchev–Trinajstić information content (AvgIpc) is 3.35. The minimum Gasteiger partial charge on any atom is -0.340 e. The molecule has 0 radical (unpaired) electrons. The maximum atomic E-state index is 13.3. The number of aromatic nitrogens is 1. The van der Waals surface area contributed by atoms with Gasteiger partial charge in [0.05, 0.1) is 0 Å². The number of sulfonamides is 1. The number of rotatable bonds is 5. The molecule has 30 heavy (non-hydrogen) atoms. The summed E-state index contributed by atoms with van der Waals surface area (Å²) in [6.45, 7) is 1.01. The van der Waals surface area contributed by atoms with E-state index in [1.54, 1.807) is 30.3 Å². The van der Waals surface area contributed by atoms with Crippen molar-refractivity contribution >= 4 is 48.7 Å². The summed E-state index contributed by atoms with van der Waals surface area (Å²) in [6, 6.07) is 10.5. The number of hydrogen-bond donors (Lipinski definition) is 3. The maximum Gasteiger partial charge on any atom is 0.320 e. The van der Waals surface area contributed by atoms with Crippen molar-refractivity contribution < 1.29 is 17.6 Å². The number of hydrogen-bond acceptors (Lipinski definition) is 3. The fraction of sp³-hybridized carbons (Fsp3) is 0.250. The first-order valence-corrected chi connectivity index (χ1v) is 11.7. The molecule has 158 valence electrons. The van der Waals surface area contributed by atoms with Crippen LogP contribution in [-0.4, -0.2) is 36.8 Å². The zero-order valence-corrected chi connectivity index (χ0v) is 18.3. The minimum absolute atomic E-state index is 0.0432. The number of amides is 2. The van der Waals surface area contributed by atoms with Crippen LogP contribution in [-0.2, 0) is 16.6 Å². The van der Waals surface area contributed by atoms with E-state index >= 15 is 0 Å². The molecule has 3 aromatic rings. The van der Waals surface area contributed by atoms with Gasteiger partial charge in [-0.25, -0.2) is 17.6 Å². The predicted octanol–water partition coefficient (Wildman–Crippen LogP) is 4.18. The van der Waals surface area contributed by atoms with Crippen LogP contribution in [0.2, 0.25) is 0 Å². The van der Waals surface area contributed by atoms with Gasteiger partial charge in [-0.05, 0) is 48.7 Å². The van der Waals surface area contributed by atoms with Gasteiger partial charge in [0.25, 0.3) is 0 Å². The molecule has 0 unspecified atom stereocenters. The molecule has 4 rings (SSSR count). The molecule has 1 aliphatic rings. The van der Waals surface area contributed by atoms with Crippen LogP contribution in [0.4, 0.5) is 15.0 Å². The van der Waals surface area contributed by atoms with E-state index < -0.39 is 21.9 Å². The number of urea groups is 1. The minimum atomic E-state index is -3.80. The topological polar surface area (TPSA) is 94.3 Å². The molecule has 0 atom stereocenters. The van der Waals surface area contributed by atoms with Crippen LogP contribution in [0.25, 0.3) is 10.9 Å². The highest BCUT2D eigenvalue weighted by Gasteiger charge is 2.33. The van der Waals surface area contributed by atoms with E-state index in [1.807, 2.05) is 0 Å². The van der Waals surface area contributed by atoms with Crippen molar-refractivity contribution in [2.24, 2.45) is 0 Å². The van der Waals surface area contributed by atoms with E-state index in [4.69, 9.17) is 0 Å². The predicted molar refractivity (Wildman–Crippen MR) is 116 cm³/mol. The Hall–Kier alpha value is -2.43. The Balaban J connectivity index is 1.64. The van der Waals surface area contributed by atoms with E-state index in [-0.39, 0.29) is 17.3 Å². The molecule has 1 aromatic heterocycles. The third kappa shape index (κ3) is 4.21. The Morgan fingerprint density at radius 2 is 1.93 bits per heavy atom. The first kappa shape index (κ1) is 20.8. The number of fused-ring (bicyclic) bond motifs is 1. The Kier molecular flexibility index (Phi) is 5.81. The first-order valence-electron chi connectivity index (χ1n) is 9.45. The highest BCUT2D eigenvalue weighted by atomic mass is 79.9. The van der Waals surface area contributed by atoms with Gasteiger partial charge in [0, 0.05) is 35.0 Å². The number of anilines is 1. The molecule has 2 aromatic carbocycles. The van der Waals surface area contributed by atoms with Crippen LogP contribution in [0.1, 0.15) is 18.4 Å². The van der Waals surface area contributed by atoms with Gasteiger partial charge in [0.15, 0.2) is 0 Å². The summed E-state index contributed by atoms with van der Waals surface area (Å²) in [5, 5.41) is 5.73. The number of carbonyl (C=O) groups excluding carboxylic acids is 1. The van der Waals surface area contributed by atoms with Gasteiger partial charge in [-0.2, -0.15) is 4.31 Å². The Morgan fingerprint density at radius 1 is 1.17 bits per heavy atom. The molecule has 2 amide bonds. The maximum absolute atomic E-state index is 13.3. The van der Waals surface area contributed by atoms with Crippen molar-refractivity contribution in [2.45, 2.75) is 24.3 Å². The molecule has 0 bridgehead atoms. The second-order valence-electron chi connectivity index (χ2n) is 7.07. The van der Waals surface area contributed by atoms with E-state index in [0.717, 1.165) is 17.3 Å². The summed E-state index contributed by atoms with van der Waals surface area (Å²) in [6.07, 6.45) is 1.62. The fourth-order valence-electron chi connectivity index (χ4n) is 3.54. The van der Waals surface area contributed by atoms with E-state index in [1.165, 1.54) is 16.4 Å². The lowest BCUT2D eigenvalue weighted by molar-refractivity contribution is 0.251. The molecule has 7 nitrogen and oxygen atoms in total. The van der Waals surface area contributed by atoms with Crippen LogP contribution in [0.3, 0.4) is 0 Å². The average molecular weight is 495 g/mol. The lowest BCUT2D eigenvalue weighted by Crippen LogP contribution is -2.31. The molecule has 0 aliphatic carbocycles. The molecular formula is C20H20BrFN4O3S. The van der Waals surface area contributed by atoms with Gasteiger partial charge < -0.3 is 10.3 Å². The number of carbonyl (C=O) groups is 1. The zero-order valence-electron chi connectivity index (χ0n) is 15.9. The van der Waals surface area contributed by atoms with Crippen LogP contribution in [0, 0.1) is 5.82 Å². The van der Waals surface area contributed by atoms with Gasteiger partial charge in [-0.3, -0.25) is 5.32 Å². The molecule has 1 aliphatic heterocycles. The summed E-state index contributed by atoms with van der Waals surface area (Å²) in [5.41, 5.74) is 1.19. The molecule has 1 saturated heterocycles. The van der Waals surface area contributed by atoms with E-state index in [2.05, 4.69) is 31.5 Å². The van der Waals surface area contributed by atoms with Gasteiger partial charge in [-0.15, -0.1) is 0 Å². The zero-order chi connectivity index (χ0) is 21.3. The van der Waals surface area contributed by atoms with Gasteiger partial charge >= 0.3 is 6.03 Å². The fourth-order valence-corrected chi connectivity index (χ4v) is 5.70. The SMILES string of the molecule is O=C(NCc1cccc(F)c1)Nc1[nH]c2ccc(Br)cc2c1S(=O)(=O)N1CCCC1. The molecular weight excluding hydrogens is 475 g/mol. The number of aromatic amines is 1. The Labute approximate surface area is 181 Å². The van der Waals surface area contributed by atoms with Crippen molar-refractivity contribution in [3.05, 3.63) is 58.3 Å². The van der Waals surface area contributed by atoms with Crippen LogP contribution in [0.5, 0.6) is 0 Å². The molecule has 0 saturated carbocycles. The third-order valence-corrected chi connectivity index (χ3v) is 7.43. The van der Waals surface area contributed by atoms with Gasteiger partial charge in [0.1, 0.15) is 16.5 Å². The van der Waals surface area contributed by atoms with Crippen molar-refractivity contribution in [2.75, 3.05) is 18.4 Å². The lowest BCUT2D eigenvalue weighted by Gasteiger charge is -2.16. The summed E-state index contributed by atoms with van der Waals surface area (Å²) >= 11 is 3.38. The second kappa shape index (κ2) is 8.37. The smallest absolute Gasteiger partial charge is 0.320 e. The van der Waals surface area contributed by atoms with Gasteiger partial charge in [0.2, 0.25) is 10.0 Å². The normalized spacial score (nSPS) is 14.9. The summed E-state index contributed by atoms with van der Waals surface area (Å²) in [7, 11) is -3.80. The number of halogens is 2. The van der Waals surface area contributed by atoms with Crippen molar-refractivity contribution in [3.63, 3.8) is 0 Å². The molecule has 1 fully saturated rings. The third-order valence-electron chi connectivity index (χ3n) is 4.96. The summed E-state index contributed by atoms with van der Waals surface area (Å²) < 4.78 is 42.1. The highest BCUT2D eigenvalue weighted by molar-refractivity contribution is 9.10. The van der Waals surface area contributed by atoms with Crippen LogP contribution in [0.15, 0.2) is 51.8 Å².